The zero-order valence-corrected chi connectivity index (χ0v) is 16.5. The third-order valence-corrected chi connectivity index (χ3v) is 6.18. The molecule has 2 atom stereocenters. The average Bonchev–Trinajstić information content (AvgIpc) is 2.76. The van der Waals surface area contributed by atoms with Crippen LogP contribution in [0.5, 0.6) is 0 Å². The van der Waals surface area contributed by atoms with Gasteiger partial charge in [0.1, 0.15) is 0 Å². The summed E-state index contributed by atoms with van der Waals surface area (Å²) in [4.78, 5) is 37.1. The summed E-state index contributed by atoms with van der Waals surface area (Å²) in [6.45, 7) is 0. The Kier molecular flexibility index (Phi) is 4.69. The maximum absolute atomic E-state index is 13.4. The second-order valence-electron chi connectivity index (χ2n) is 7.30. The summed E-state index contributed by atoms with van der Waals surface area (Å²) in [6.07, 6.45) is 0. The minimum Gasteiger partial charge on any atom is -0.275 e. The first kappa shape index (κ1) is 18.7. The molecule has 0 aromatic heterocycles. The van der Waals surface area contributed by atoms with Crippen LogP contribution in [0.4, 0.5) is 0 Å². The molecule has 0 N–H and O–H groups in total. The molecule has 3 aliphatic rings. The van der Waals surface area contributed by atoms with Gasteiger partial charge in [-0.15, -0.1) is 0 Å². The van der Waals surface area contributed by atoms with Gasteiger partial charge in [0.25, 0.3) is 11.8 Å². The minimum absolute atomic E-state index is 0.204. The molecule has 0 saturated carbocycles. The van der Waals surface area contributed by atoms with Crippen molar-refractivity contribution in [1.82, 2.24) is 10.1 Å². The molecule has 0 unspecified atom stereocenters. The Balaban J connectivity index is 1.97. The number of hydroxylamine groups is 4. The smallest absolute Gasteiger partial charge is 0.250 e. The molecule has 0 radical (unpaired) electrons. The highest BCUT2D eigenvalue weighted by atomic mass is 16.7. The second-order valence-corrected chi connectivity index (χ2v) is 7.30. The summed E-state index contributed by atoms with van der Waals surface area (Å²) in [5.74, 6) is -1.95. The predicted molar refractivity (Wildman–Crippen MR) is 103 cm³/mol. The van der Waals surface area contributed by atoms with E-state index in [9.17, 15) is 9.59 Å². The Morgan fingerprint density at radius 2 is 0.964 bits per heavy atom. The lowest BCUT2D eigenvalue weighted by Crippen LogP contribution is -2.53. The fourth-order valence-electron chi connectivity index (χ4n) is 4.87. The van der Waals surface area contributed by atoms with Gasteiger partial charge in [0.2, 0.25) is 0 Å². The molecule has 6 nitrogen and oxygen atoms in total. The van der Waals surface area contributed by atoms with Crippen LogP contribution >= 0.6 is 0 Å². The Hall–Kier alpha value is -2.70. The van der Waals surface area contributed by atoms with E-state index in [0.29, 0.717) is 0 Å². The quantitative estimate of drug-likeness (QED) is 0.765. The van der Waals surface area contributed by atoms with Crippen molar-refractivity contribution in [1.29, 1.82) is 0 Å². The maximum atomic E-state index is 13.4. The minimum atomic E-state index is -0.565. The van der Waals surface area contributed by atoms with Crippen LogP contribution in [0, 0.1) is 11.8 Å². The molecule has 3 aliphatic carbocycles. The van der Waals surface area contributed by atoms with Gasteiger partial charge in [-0.3, -0.25) is 19.3 Å². The number of benzene rings is 2. The van der Waals surface area contributed by atoms with Crippen molar-refractivity contribution in [2.75, 3.05) is 28.3 Å². The number of carbonyl (C=O) groups excluding carboxylic acids is 2. The lowest BCUT2D eigenvalue weighted by Gasteiger charge is -2.50. The van der Waals surface area contributed by atoms with Crippen molar-refractivity contribution < 1.29 is 19.3 Å². The fraction of sp³-hybridized carbons (Fsp3) is 0.364. The lowest BCUT2D eigenvalue weighted by molar-refractivity contribution is -0.187. The van der Waals surface area contributed by atoms with Crippen LogP contribution in [0.3, 0.4) is 0 Å². The van der Waals surface area contributed by atoms with Crippen LogP contribution < -0.4 is 0 Å². The van der Waals surface area contributed by atoms with Crippen LogP contribution in [0.1, 0.15) is 34.1 Å². The topological polar surface area (TPSA) is 59.1 Å². The van der Waals surface area contributed by atoms with E-state index in [-0.39, 0.29) is 23.7 Å². The summed E-state index contributed by atoms with van der Waals surface area (Å²) in [5.41, 5.74) is 4.44. The third-order valence-electron chi connectivity index (χ3n) is 6.18. The molecular formula is C22H24N2O4. The first-order valence-corrected chi connectivity index (χ1v) is 9.32. The molecule has 0 heterocycles. The zero-order chi connectivity index (χ0) is 20.0. The number of hydrogen-bond acceptors (Lipinski definition) is 4. The predicted octanol–water partition coefficient (Wildman–Crippen LogP) is 2.55. The number of hydrogen-bond donors (Lipinski definition) is 0. The molecule has 2 aromatic rings. The van der Waals surface area contributed by atoms with E-state index in [1.165, 1.54) is 24.3 Å². The average molecular weight is 380 g/mol. The van der Waals surface area contributed by atoms with Crippen molar-refractivity contribution in [3.8, 4) is 0 Å². The highest BCUT2D eigenvalue weighted by Gasteiger charge is 2.56. The molecule has 0 aliphatic heterocycles. The van der Waals surface area contributed by atoms with Crippen molar-refractivity contribution in [3.05, 3.63) is 70.8 Å². The Morgan fingerprint density at radius 1 is 0.679 bits per heavy atom. The normalized spacial score (nSPS) is 24.3. The van der Waals surface area contributed by atoms with Crippen molar-refractivity contribution in [3.63, 3.8) is 0 Å². The standard InChI is InChI=1S/C22H24N2O4/c1-23(27-3)21(25)19-17-13-9-5-7-11-15(13)18(16-12-8-6-10-14(16)17)20(19)22(26)24(2)28-4/h5-12,17-20H,1-4H3/t17?,18?,19-,20-/m1/s1. The fourth-order valence-corrected chi connectivity index (χ4v) is 4.87. The molecule has 28 heavy (non-hydrogen) atoms. The van der Waals surface area contributed by atoms with Crippen LogP contribution in [0.15, 0.2) is 48.5 Å². The van der Waals surface area contributed by atoms with Gasteiger partial charge >= 0.3 is 0 Å². The van der Waals surface area contributed by atoms with Gasteiger partial charge < -0.3 is 0 Å². The van der Waals surface area contributed by atoms with Gasteiger partial charge in [0.15, 0.2) is 0 Å². The van der Waals surface area contributed by atoms with Gasteiger partial charge in [0, 0.05) is 25.9 Å². The Labute approximate surface area is 164 Å². The molecule has 0 spiro atoms. The van der Waals surface area contributed by atoms with Crippen LogP contribution in [0.2, 0.25) is 0 Å². The van der Waals surface area contributed by atoms with E-state index in [0.717, 1.165) is 22.3 Å². The monoisotopic (exact) mass is 380 g/mol. The van der Waals surface area contributed by atoms with E-state index >= 15 is 0 Å². The molecule has 2 amide bonds. The molecule has 5 rings (SSSR count). The molecule has 6 heteroatoms. The molecule has 0 fully saturated rings. The first-order chi connectivity index (χ1) is 13.5. The van der Waals surface area contributed by atoms with E-state index in [4.69, 9.17) is 9.68 Å². The second kappa shape index (κ2) is 7.04. The number of carbonyl (C=O) groups is 2. The van der Waals surface area contributed by atoms with Crippen molar-refractivity contribution >= 4 is 11.8 Å². The van der Waals surface area contributed by atoms with Crippen molar-refractivity contribution in [2.45, 2.75) is 11.8 Å². The van der Waals surface area contributed by atoms with Crippen molar-refractivity contribution in [2.24, 2.45) is 11.8 Å². The molecular weight excluding hydrogens is 356 g/mol. The van der Waals surface area contributed by atoms with Crippen LogP contribution in [0.25, 0.3) is 0 Å². The number of rotatable bonds is 4. The highest BCUT2D eigenvalue weighted by Crippen LogP contribution is 2.58. The van der Waals surface area contributed by atoms with Gasteiger partial charge in [-0.1, -0.05) is 48.5 Å². The lowest BCUT2D eigenvalue weighted by atomic mass is 9.53. The van der Waals surface area contributed by atoms with E-state index < -0.39 is 11.8 Å². The molecule has 2 bridgehead atoms. The number of amides is 2. The molecule has 0 saturated heterocycles. The van der Waals surface area contributed by atoms with E-state index in [1.807, 2.05) is 24.3 Å². The van der Waals surface area contributed by atoms with Crippen LogP contribution in [-0.4, -0.2) is 50.3 Å². The summed E-state index contributed by atoms with van der Waals surface area (Å²) in [6, 6.07) is 16.2. The summed E-state index contributed by atoms with van der Waals surface area (Å²) < 4.78 is 0. The Morgan fingerprint density at radius 3 is 1.21 bits per heavy atom. The summed E-state index contributed by atoms with van der Waals surface area (Å²) in [7, 11) is 6.09. The summed E-state index contributed by atoms with van der Waals surface area (Å²) >= 11 is 0. The van der Waals surface area contributed by atoms with E-state index in [1.54, 1.807) is 14.1 Å². The van der Waals surface area contributed by atoms with Gasteiger partial charge in [-0.25, -0.2) is 10.1 Å². The summed E-state index contributed by atoms with van der Waals surface area (Å²) in [5, 5.41) is 2.45. The third kappa shape index (κ3) is 2.56. The van der Waals surface area contributed by atoms with Gasteiger partial charge in [-0.2, -0.15) is 0 Å². The SMILES string of the molecule is CON(C)C(=O)[C@@H]1C2c3ccccc3C(c3ccccc32)[C@H]1C(=O)N(C)OC. The first-order valence-electron chi connectivity index (χ1n) is 9.32. The van der Waals surface area contributed by atoms with Gasteiger partial charge in [-0.05, 0) is 22.3 Å². The number of fused-ring (bicyclic) bond motifs is 1. The Bertz CT molecular complexity index is 807. The highest BCUT2D eigenvalue weighted by molar-refractivity contribution is 5.91. The number of nitrogens with zero attached hydrogens (tertiary/aromatic N) is 2. The van der Waals surface area contributed by atoms with Crippen LogP contribution in [-0.2, 0) is 19.3 Å². The van der Waals surface area contributed by atoms with Gasteiger partial charge in [0.05, 0.1) is 26.1 Å². The largest absolute Gasteiger partial charge is 0.275 e. The van der Waals surface area contributed by atoms with E-state index in [2.05, 4.69) is 24.3 Å². The molecule has 146 valence electrons. The maximum Gasteiger partial charge on any atom is 0.250 e. The molecule has 2 aromatic carbocycles. The zero-order valence-electron chi connectivity index (χ0n) is 16.5.